The molecule has 0 radical (unpaired) electrons. The molecule has 0 spiro atoms. The summed E-state index contributed by atoms with van der Waals surface area (Å²) < 4.78 is 0. The van der Waals surface area contributed by atoms with Gasteiger partial charge in [-0.2, -0.15) is 0 Å². The van der Waals surface area contributed by atoms with Crippen LogP contribution in [-0.2, 0) is 9.59 Å². The number of benzene rings is 1. The molecule has 1 aromatic carbocycles. The molecular weight excluding hydrogens is 308 g/mol. The minimum absolute atomic E-state index is 0.122. The Morgan fingerprint density at radius 2 is 1.92 bits per heavy atom. The Kier molecular flexibility index (Phi) is 4.55. The summed E-state index contributed by atoms with van der Waals surface area (Å²) in [5, 5.41) is 12.2. The van der Waals surface area contributed by atoms with E-state index in [0.717, 1.165) is 12.8 Å². The van der Waals surface area contributed by atoms with Gasteiger partial charge >= 0.3 is 5.97 Å². The maximum absolute atomic E-state index is 12.5. The predicted octanol–water partition coefficient (Wildman–Crippen LogP) is 1.52. The minimum Gasteiger partial charge on any atom is -0.480 e. The zero-order valence-corrected chi connectivity index (χ0v) is 13.5. The first-order valence-electron chi connectivity index (χ1n) is 8.39. The SMILES string of the molecule is O=C(NCC1CCCN(C(=O)C2(C(=O)O)CC2)C1)c1ccccc1. The van der Waals surface area contributed by atoms with E-state index in [1.54, 1.807) is 17.0 Å². The lowest BCUT2D eigenvalue weighted by Crippen LogP contribution is -2.48. The van der Waals surface area contributed by atoms with Gasteiger partial charge in [-0.1, -0.05) is 18.2 Å². The summed E-state index contributed by atoms with van der Waals surface area (Å²) in [6.45, 7) is 1.62. The fourth-order valence-corrected chi connectivity index (χ4v) is 3.29. The number of amides is 2. The minimum atomic E-state index is -1.17. The normalized spacial score (nSPS) is 21.8. The molecule has 6 nitrogen and oxygen atoms in total. The van der Waals surface area contributed by atoms with Crippen LogP contribution in [0.3, 0.4) is 0 Å². The number of likely N-dealkylation sites (tertiary alicyclic amines) is 1. The van der Waals surface area contributed by atoms with E-state index in [1.807, 2.05) is 18.2 Å². The fraction of sp³-hybridized carbons (Fsp3) is 0.500. The van der Waals surface area contributed by atoms with Crippen molar-refractivity contribution >= 4 is 17.8 Å². The van der Waals surface area contributed by atoms with Gasteiger partial charge in [-0.05, 0) is 43.7 Å². The second-order valence-electron chi connectivity index (χ2n) is 6.72. The van der Waals surface area contributed by atoms with Gasteiger partial charge in [-0.15, -0.1) is 0 Å². The van der Waals surface area contributed by atoms with Gasteiger partial charge in [0, 0.05) is 25.2 Å². The molecule has 128 valence electrons. The first kappa shape index (κ1) is 16.5. The molecule has 1 unspecified atom stereocenters. The van der Waals surface area contributed by atoms with Gasteiger partial charge in [0.15, 0.2) is 0 Å². The third kappa shape index (κ3) is 3.27. The smallest absolute Gasteiger partial charge is 0.319 e. The number of carbonyl (C=O) groups is 3. The highest BCUT2D eigenvalue weighted by Crippen LogP contribution is 2.47. The van der Waals surface area contributed by atoms with Crippen molar-refractivity contribution in [3.05, 3.63) is 35.9 Å². The Bertz CT molecular complexity index is 640. The Morgan fingerprint density at radius 3 is 2.54 bits per heavy atom. The quantitative estimate of drug-likeness (QED) is 0.802. The van der Waals surface area contributed by atoms with Crippen molar-refractivity contribution < 1.29 is 19.5 Å². The molecular formula is C18H22N2O4. The number of piperidine rings is 1. The molecule has 2 N–H and O–H groups in total. The highest BCUT2D eigenvalue weighted by molar-refractivity contribution is 6.04. The first-order chi connectivity index (χ1) is 11.5. The number of nitrogens with one attached hydrogen (secondary N) is 1. The van der Waals surface area contributed by atoms with Crippen LogP contribution < -0.4 is 5.32 Å². The summed E-state index contributed by atoms with van der Waals surface area (Å²) in [5.41, 5.74) is -0.557. The first-order valence-corrected chi connectivity index (χ1v) is 8.39. The highest BCUT2D eigenvalue weighted by atomic mass is 16.4. The molecule has 1 heterocycles. The second kappa shape index (κ2) is 6.63. The van der Waals surface area contributed by atoms with Crippen LogP contribution in [-0.4, -0.2) is 47.4 Å². The van der Waals surface area contributed by atoms with Gasteiger partial charge in [0.05, 0.1) is 0 Å². The van der Waals surface area contributed by atoms with Gasteiger partial charge in [0.1, 0.15) is 5.41 Å². The summed E-state index contributed by atoms with van der Waals surface area (Å²) in [6.07, 6.45) is 2.65. The van der Waals surface area contributed by atoms with Crippen molar-refractivity contribution in [3.8, 4) is 0 Å². The monoisotopic (exact) mass is 330 g/mol. The standard InChI is InChI=1S/C18H22N2O4/c21-15(14-6-2-1-3-7-14)19-11-13-5-4-10-20(12-13)16(22)18(8-9-18)17(23)24/h1-3,6-7,13H,4-5,8-12H2,(H,19,21)(H,23,24). The van der Waals surface area contributed by atoms with Crippen molar-refractivity contribution in [1.82, 2.24) is 10.2 Å². The molecule has 6 heteroatoms. The van der Waals surface area contributed by atoms with E-state index in [4.69, 9.17) is 0 Å². The molecule has 24 heavy (non-hydrogen) atoms. The van der Waals surface area contributed by atoms with Crippen molar-refractivity contribution in [1.29, 1.82) is 0 Å². The summed E-state index contributed by atoms with van der Waals surface area (Å²) in [4.78, 5) is 37.6. The molecule has 1 atom stereocenters. The van der Waals surface area contributed by atoms with Crippen molar-refractivity contribution in [2.45, 2.75) is 25.7 Å². The summed E-state index contributed by atoms with van der Waals surface area (Å²) in [5.74, 6) is -1.22. The number of hydrogen-bond acceptors (Lipinski definition) is 3. The molecule has 1 aliphatic carbocycles. The summed E-state index contributed by atoms with van der Waals surface area (Å²) in [6, 6.07) is 9.01. The summed E-state index contributed by atoms with van der Waals surface area (Å²) in [7, 11) is 0. The third-order valence-electron chi connectivity index (χ3n) is 4.96. The van der Waals surface area contributed by atoms with Crippen LogP contribution in [0, 0.1) is 11.3 Å². The second-order valence-corrected chi connectivity index (χ2v) is 6.72. The Balaban J connectivity index is 1.54. The van der Waals surface area contributed by atoms with E-state index in [-0.39, 0.29) is 17.7 Å². The number of carboxylic acids is 1. The van der Waals surface area contributed by atoms with Crippen molar-refractivity contribution in [2.75, 3.05) is 19.6 Å². The van der Waals surface area contributed by atoms with Gasteiger partial charge < -0.3 is 15.3 Å². The Morgan fingerprint density at radius 1 is 1.21 bits per heavy atom. The van der Waals surface area contributed by atoms with Crippen LogP contribution in [0.1, 0.15) is 36.0 Å². The number of aliphatic carboxylic acids is 1. The molecule has 0 bridgehead atoms. The maximum atomic E-state index is 12.5. The van der Waals surface area contributed by atoms with E-state index < -0.39 is 11.4 Å². The van der Waals surface area contributed by atoms with Crippen LogP contribution in [0.15, 0.2) is 30.3 Å². The van der Waals surface area contributed by atoms with Crippen molar-refractivity contribution in [2.24, 2.45) is 11.3 Å². The Labute approximate surface area is 140 Å². The van der Waals surface area contributed by atoms with E-state index >= 15 is 0 Å². The van der Waals surface area contributed by atoms with E-state index in [9.17, 15) is 19.5 Å². The number of rotatable bonds is 5. The molecule has 2 amide bonds. The Hall–Kier alpha value is -2.37. The molecule has 3 rings (SSSR count). The lowest BCUT2D eigenvalue weighted by atomic mass is 9.95. The van der Waals surface area contributed by atoms with Crippen LogP contribution in [0.25, 0.3) is 0 Å². The van der Waals surface area contributed by atoms with Gasteiger partial charge in [-0.3, -0.25) is 14.4 Å². The fourth-order valence-electron chi connectivity index (χ4n) is 3.29. The average molecular weight is 330 g/mol. The van der Waals surface area contributed by atoms with Crippen LogP contribution in [0.5, 0.6) is 0 Å². The lowest BCUT2D eigenvalue weighted by Gasteiger charge is -2.34. The molecule has 0 aromatic heterocycles. The molecule has 1 aromatic rings. The lowest BCUT2D eigenvalue weighted by molar-refractivity contribution is -0.154. The molecule has 2 aliphatic rings. The largest absolute Gasteiger partial charge is 0.480 e. The average Bonchev–Trinajstić information content (AvgIpc) is 3.42. The molecule has 1 saturated heterocycles. The topological polar surface area (TPSA) is 86.7 Å². The number of carbonyl (C=O) groups excluding carboxylic acids is 2. The predicted molar refractivity (Wildman–Crippen MR) is 87.4 cm³/mol. The van der Waals surface area contributed by atoms with Gasteiger partial charge in [0.25, 0.3) is 5.91 Å². The number of hydrogen-bond donors (Lipinski definition) is 2. The van der Waals surface area contributed by atoms with Crippen LogP contribution in [0.2, 0.25) is 0 Å². The van der Waals surface area contributed by atoms with Crippen molar-refractivity contribution in [3.63, 3.8) is 0 Å². The molecule has 2 fully saturated rings. The number of nitrogens with zero attached hydrogens (tertiary/aromatic N) is 1. The zero-order valence-electron chi connectivity index (χ0n) is 13.5. The molecule has 1 saturated carbocycles. The van der Waals surface area contributed by atoms with E-state index in [0.29, 0.717) is 38.0 Å². The van der Waals surface area contributed by atoms with E-state index in [1.165, 1.54) is 0 Å². The molecule has 1 aliphatic heterocycles. The third-order valence-corrected chi connectivity index (χ3v) is 4.96. The van der Waals surface area contributed by atoms with Crippen LogP contribution >= 0.6 is 0 Å². The number of carboxylic acid groups (broad SMARTS) is 1. The summed E-state index contributed by atoms with van der Waals surface area (Å²) >= 11 is 0. The highest BCUT2D eigenvalue weighted by Gasteiger charge is 2.58. The van der Waals surface area contributed by atoms with Gasteiger partial charge in [0.2, 0.25) is 5.91 Å². The van der Waals surface area contributed by atoms with Crippen LogP contribution in [0.4, 0.5) is 0 Å². The van der Waals surface area contributed by atoms with E-state index in [2.05, 4.69) is 5.32 Å². The maximum Gasteiger partial charge on any atom is 0.319 e. The van der Waals surface area contributed by atoms with Gasteiger partial charge in [-0.25, -0.2) is 0 Å². The zero-order chi connectivity index (χ0) is 17.2.